The molecule has 0 heterocycles. The number of hydrogen-bond donors (Lipinski definition) is 0. The summed E-state index contributed by atoms with van der Waals surface area (Å²) in [4.78, 5) is 0. The Morgan fingerprint density at radius 1 is 0.853 bits per heavy atom. The second-order valence-corrected chi connectivity index (χ2v) is 10.4. The fourth-order valence-corrected chi connectivity index (χ4v) is 5.68. The Balaban J connectivity index is 1.32. The first-order chi connectivity index (χ1) is 16.7. The normalized spacial score (nSPS) is 18.3. The number of benzene rings is 3. The Morgan fingerprint density at radius 2 is 1.59 bits per heavy atom. The van der Waals surface area contributed by atoms with Gasteiger partial charge in [0.05, 0.1) is 0 Å². The highest BCUT2D eigenvalue weighted by Gasteiger charge is 2.21. The van der Waals surface area contributed by atoms with Gasteiger partial charge in [-0.15, -0.1) is 6.58 Å². The molecule has 0 nitrogen and oxygen atoms in total. The van der Waals surface area contributed by atoms with Crippen molar-refractivity contribution in [1.29, 1.82) is 0 Å². The van der Waals surface area contributed by atoms with Gasteiger partial charge in [-0.25, -0.2) is 4.39 Å². The van der Waals surface area contributed by atoms with Crippen molar-refractivity contribution >= 4 is 10.8 Å². The number of fused-ring (bicyclic) bond motifs is 1. The molecule has 1 fully saturated rings. The van der Waals surface area contributed by atoms with Crippen LogP contribution in [0.4, 0.5) is 4.39 Å². The smallest absolute Gasteiger partial charge is 0.134 e. The zero-order chi connectivity index (χ0) is 23.8. The summed E-state index contributed by atoms with van der Waals surface area (Å²) in [5, 5.41) is 1.79. The van der Waals surface area contributed by atoms with Crippen molar-refractivity contribution in [2.45, 2.75) is 89.9 Å². The number of rotatable bonds is 11. The second-order valence-electron chi connectivity index (χ2n) is 10.4. The van der Waals surface area contributed by atoms with E-state index in [9.17, 15) is 4.39 Å². The van der Waals surface area contributed by atoms with Gasteiger partial charge in [-0.3, -0.25) is 0 Å². The van der Waals surface area contributed by atoms with Crippen LogP contribution in [-0.4, -0.2) is 0 Å². The van der Waals surface area contributed by atoms with Gasteiger partial charge in [0.1, 0.15) is 5.82 Å². The molecule has 34 heavy (non-hydrogen) atoms. The molecule has 3 aromatic carbocycles. The van der Waals surface area contributed by atoms with Crippen molar-refractivity contribution in [1.82, 2.24) is 0 Å². The largest absolute Gasteiger partial charge is 0.206 e. The number of aryl methyl sites for hydroxylation is 3. The van der Waals surface area contributed by atoms with Crippen molar-refractivity contribution in [2.75, 3.05) is 0 Å². The van der Waals surface area contributed by atoms with Gasteiger partial charge in [0, 0.05) is 5.39 Å². The molecular formula is C33H41F. The van der Waals surface area contributed by atoms with Crippen molar-refractivity contribution < 1.29 is 4.39 Å². The van der Waals surface area contributed by atoms with E-state index in [2.05, 4.69) is 62.0 Å². The lowest BCUT2D eigenvalue weighted by atomic mass is 9.77. The van der Waals surface area contributed by atoms with Crippen LogP contribution in [0.3, 0.4) is 0 Å². The molecule has 0 unspecified atom stereocenters. The monoisotopic (exact) mass is 456 g/mol. The minimum atomic E-state index is -0.0227. The highest BCUT2D eigenvalue weighted by Crippen LogP contribution is 2.37. The van der Waals surface area contributed by atoms with E-state index in [1.807, 2.05) is 12.1 Å². The van der Waals surface area contributed by atoms with Gasteiger partial charge in [-0.1, -0.05) is 80.4 Å². The number of allylic oxidation sites excluding steroid dienone is 1. The summed E-state index contributed by atoms with van der Waals surface area (Å²) in [6, 6.07) is 19.7. The Labute approximate surface area is 206 Å². The summed E-state index contributed by atoms with van der Waals surface area (Å²) in [6.07, 6.45) is 16.2. The maximum absolute atomic E-state index is 14.9. The fourth-order valence-electron chi connectivity index (χ4n) is 5.68. The van der Waals surface area contributed by atoms with Crippen molar-refractivity contribution in [3.63, 3.8) is 0 Å². The number of halogens is 1. The molecule has 1 heteroatoms. The van der Waals surface area contributed by atoms with E-state index in [-0.39, 0.29) is 5.82 Å². The molecule has 0 bridgehead atoms. The van der Waals surface area contributed by atoms with Crippen molar-refractivity contribution in [2.24, 2.45) is 5.92 Å². The minimum absolute atomic E-state index is 0.0227. The first-order valence-electron chi connectivity index (χ1n) is 13.6. The third-order valence-electron chi connectivity index (χ3n) is 7.93. The lowest BCUT2D eigenvalue weighted by molar-refractivity contribution is 0.312. The van der Waals surface area contributed by atoms with Gasteiger partial charge in [0.2, 0.25) is 0 Å². The van der Waals surface area contributed by atoms with Crippen molar-refractivity contribution in [3.8, 4) is 0 Å². The molecule has 180 valence electrons. The Hall–Kier alpha value is -2.41. The molecule has 0 atom stereocenters. The van der Waals surface area contributed by atoms with Crippen LogP contribution in [0.5, 0.6) is 0 Å². The van der Waals surface area contributed by atoms with Crippen LogP contribution in [0.1, 0.15) is 92.9 Å². The zero-order valence-corrected chi connectivity index (χ0v) is 21.0. The number of unbranched alkanes of at least 4 members (excludes halogenated alkanes) is 2. The third kappa shape index (κ3) is 6.38. The quantitative estimate of drug-likeness (QED) is 0.199. The van der Waals surface area contributed by atoms with Crippen LogP contribution in [0, 0.1) is 11.7 Å². The van der Waals surface area contributed by atoms with Gasteiger partial charge in [0.25, 0.3) is 0 Å². The molecule has 3 aromatic rings. The van der Waals surface area contributed by atoms with Gasteiger partial charge in [0.15, 0.2) is 0 Å². The summed E-state index contributed by atoms with van der Waals surface area (Å²) in [5.41, 5.74) is 5.05. The summed E-state index contributed by atoms with van der Waals surface area (Å²) >= 11 is 0. The molecule has 1 aliphatic rings. The fraction of sp³-hybridized carbons (Fsp3) is 0.455. The highest BCUT2D eigenvalue weighted by molar-refractivity contribution is 5.84. The summed E-state index contributed by atoms with van der Waals surface area (Å²) in [7, 11) is 0. The lowest BCUT2D eigenvalue weighted by Crippen LogP contribution is -2.13. The third-order valence-corrected chi connectivity index (χ3v) is 7.93. The van der Waals surface area contributed by atoms with Gasteiger partial charge in [-0.2, -0.15) is 0 Å². The van der Waals surface area contributed by atoms with Crippen LogP contribution >= 0.6 is 0 Å². The van der Waals surface area contributed by atoms with Crippen LogP contribution < -0.4 is 0 Å². The standard InChI is InChI=1S/C33H41F/c1-3-5-7-9-30-21-22-31-24-27(16-23-32(31)33(30)34)11-10-26-14-19-29(20-15-26)28-17-12-25(13-18-28)8-6-4-2/h4,14-16,19-25,28H,2-3,5-13,17-18H2,1H3. The Kier molecular flexibility index (Phi) is 8.97. The Morgan fingerprint density at radius 3 is 2.32 bits per heavy atom. The van der Waals surface area contributed by atoms with E-state index >= 15 is 0 Å². The average Bonchev–Trinajstić information content (AvgIpc) is 2.88. The molecule has 1 aliphatic carbocycles. The summed E-state index contributed by atoms with van der Waals surface area (Å²) < 4.78 is 14.9. The van der Waals surface area contributed by atoms with E-state index in [1.165, 1.54) is 55.2 Å². The highest BCUT2D eigenvalue weighted by atomic mass is 19.1. The van der Waals surface area contributed by atoms with Crippen LogP contribution in [0.2, 0.25) is 0 Å². The second kappa shape index (κ2) is 12.3. The van der Waals surface area contributed by atoms with Crippen LogP contribution in [0.15, 0.2) is 67.3 Å². The maximum atomic E-state index is 14.9. The molecule has 0 amide bonds. The lowest BCUT2D eigenvalue weighted by Gasteiger charge is -2.28. The van der Waals surface area contributed by atoms with E-state index in [1.54, 1.807) is 0 Å². The Bertz CT molecular complexity index is 1050. The molecule has 0 radical (unpaired) electrons. The first kappa shape index (κ1) is 24.7. The summed E-state index contributed by atoms with van der Waals surface area (Å²) in [6.45, 7) is 6.05. The molecule has 4 rings (SSSR count). The van der Waals surface area contributed by atoms with Gasteiger partial charge < -0.3 is 0 Å². The molecule has 0 N–H and O–H groups in total. The molecule has 0 spiro atoms. The van der Waals surface area contributed by atoms with E-state index < -0.39 is 0 Å². The zero-order valence-electron chi connectivity index (χ0n) is 21.0. The average molecular weight is 457 g/mol. The number of hydrogen-bond acceptors (Lipinski definition) is 0. The van der Waals surface area contributed by atoms with Gasteiger partial charge >= 0.3 is 0 Å². The first-order valence-corrected chi connectivity index (χ1v) is 13.6. The van der Waals surface area contributed by atoms with Crippen LogP contribution in [-0.2, 0) is 19.3 Å². The maximum Gasteiger partial charge on any atom is 0.134 e. The summed E-state index contributed by atoms with van der Waals surface area (Å²) in [5.74, 6) is 1.61. The molecule has 1 saturated carbocycles. The van der Waals surface area contributed by atoms with Crippen LogP contribution in [0.25, 0.3) is 10.8 Å². The SMILES string of the molecule is C=CCCC1CCC(c2ccc(CCc3ccc4c(F)c(CCCCC)ccc4c3)cc2)CC1. The molecule has 0 aromatic heterocycles. The van der Waals surface area contributed by atoms with E-state index in [0.717, 1.165) is 66.7 Å². The predicted octanol–water partition coefficient (Wildman–Crippen LogP) is 9.74. The van der Waals surface area contributed by atoms with Gasteiger partial charge in [-0.05, 0) is 104 Å². The van der Waals surface area contributed by atoms with E-state index in [0.29, 0.717) is 0 Å². The van der Waals surface area contributed by atoms with E-state index in [4.69, 9.17) is 0 Å². The van der Waals surface area contributed by atoms with Crippen molar-refractivity contribution in [3.05, 3.63) is 95.3 Å². The topological polar surface area (TPSA) is 0 Å². The minimum Gasteiger partial charge on any atom is -0.206 e. The molecule has 0 aliphatic heterocycles. The molecular weight excluding hydrogens is 415 g/mol. The predicted molar refractivity (Wildman–Crippen MR) is 145 cm³/mol. The molecule has 0 saturated heterocycles.